The molecule has 0 aliphatic rings. The average Bonchev–Trinajstić information content (AvgIpc) is 2.26. The third kappa shape index (κ3) is 2.63. The van der Waals surface area contributed by atoms with Crippen LogP contribution in [0.3, 0.4) is 0 Å². The smallest absolute Gasteiger partial charge is 0.106 e. The summed E-state index contributed by atoms with van der Waals surface area (Å²) in [5, 5.41) is 2.20. The molecule has 0 aliphatic heterocycles. The van der Waals surface area contributed by atoms with E-state index < -0.39 is 8.07 Å². The van der Waals surface area contributed by atoms with Gasteiger partial charge in [0.2, 0.25) is 0 Å². The molecule has 4 heteroatoms. The van der Waals surface area contributed by atoms with Crippen LogP contribution in [0.4, 0.5) is 0 Å². The lowest BCUT2D eigenvalue weighted by Crippen LogP contribution is -2.46. The van der Waals surface area contributed by atoms with Gasteiger partial charge >= 0.3 is 0 Å². The minimum absolute atomic E-state index is 0.843. The second-order valence-corrected chi connectivity index (χ2v) is 10.3. The number of nitrogens with zero attached hydrogens (tertiary/aromatic N) is 1. The molecule has 0 unspecified atom stereocenters. The van der Waals surface area contributed by atoms with E-state index in [4.69, 9.17) is 11.6 Å². The number of hydrogen-bond donors (Lipinski definition) is 0. The number of pyridine rings is 1. The SMILES string of the molecule is CC[Si](CC)(CC)c1cc(Br)ncc1Cl. The molecule has 0 bridgehead atoms. The first kappa shape index (κ1) is 13.2. The summed E-state index contributed by atoms with van der Waals surface area (Å²) < 4.78 is 0.897. The third-order valence-corrected chi connectivity index (χ3v) is 9.93. The zero-order valence-electron chi connectivity index (χ0n) is 9.48. The molecule has 1 aromatic heterocycles. The summed E-state index contributed by atoms with van der Waals surface area (Å²) in [5.74, 6) is 0. The first-order chi connectivity index (χ1) is 7.09. The summed E-state index contributed by atoms with van der Waals surface area (Å²) in [6.45, 7) is 6.84. The van der Waals surface area contributed by atoms with Gasteiger partial charge in [0.25, 0.3) is 0 Å². The van der Waals surface area contributed by atoms with Gasteiger partial charge in [0.05, 0.1) is 13.1 Å². The number of aromatic nitrogens is 1. The van der Waals surface area contributed by atoms with E-state index in [0.717, 1.165) is 9.63 Å². The Bertz CT molecular complexity index is 331. The van der Waals surface area contributed by atoms with Gasteiger partial charge in [-0.1, -0.05) is 50.5 Å². The Morgan fingerprint density at radius 2 is 1.80 bits per heavy atom. The highest BCUT2D eigenvalue weighted by atomic mass is 79.9. The topological polar surface area (TPSA) is 12.9 Å². The zero-order chi connectivity index (χ0) is 11.5. The van der Waals surface area contributed by atoms with Gasteiger partial charge in [0, 0.05) is 6.20 Å². The monoisotopic (exact) mass is 305 g/mol. The van der Waals surface area contributed by atoms with Crippen LogP contribution in [0.5, 0.6) is 0 Å². The van der Waals surface area contributed by atoms with Crippen LogP contribution in [0.25, 0.3) is 0 Å². The van der Waals surface area contributed by atoms with Crippen LogP contribution < -0.4 is 5.19 Å². The minimum atomic E-state index is -1.37. The summed E-state index contributed by atoms with van der Waals surface area (Å²) in [5.41, 5.74) is 0. The Morgan fingerprint density at radius 1 is 1.27 bits per heavy atom. The molecule has 84 valence electrons. The van der Waals surface area contributed by atoms with Crippen molar-refractivity contribution in [2.24, 2.45) is 0 Å². The van der Waals surface area contributed by atoms with Crippen molar-refractivity contribution in [3.8, 4) is 0 Å². The van der Waals surface area contributed by atoms with Gasteiger partial charge in [-0.15, -0.1) is 0 Å². The molecule has 0 atom stereocenters. The lowest BCUT2D eigenvalue weighted by Gasteiger charge is -2.29. The summed E-state index contributed by atoms with van der Waals surface area (Å²) in [7, 11) is -1.37. The highest BCUT2D eigenvalue weighted by molar-refractivity contribution is 9.10. The van der Waals surface area contributed by atoms with E-state index in [0.29, 0.717) is 0 Å². The van der Waals surface area contributed by atoms with Gasteiger partial charge in [-0.25, -0.2) is 4.98 Å². The second-order valence-electron chi connectivity index (χ2n) is 3.83. The normalized spacial score (nSPS) is 11.8. The van der Waals surface area contributed by atoms with Crippen molar-refractivity contribution in [1.82, 2.24) is 4.98 Å². The fourth-order valence-corrected chi connectivity index (χ4v) is 7.05. The summed E-state index contributed by atoms with van der Waals surface area (Å²) in [4.78, 5) is 4.16. The Morgan fingerprint density at radius 3 is 2.27 bits per heavy atom. The quantitative estimate of drug-likeness (QED) is 0.600. The average molecular weight is 307 g/mol. The maximum Gasteiger partial charge on any atom is 0.106 e. The molecule has 0 aliphatic carbocycles. The van der Waals surface area contributed by atoms with Crippen LogP contribution >= 0.6 is 27.5 Å². The molecule has 0 amide bonds. The summed E-state index contributed by atoms with van der Waals surface area (Å²) >= 11 is 9.70. The highest BCUT2D eigenvalue weighted by Gasteiger charge is 2.31. The van der Waals surface area contributed by atoms with Crippen LogP contribution in [-0.2, 0) is 0 Å². The number of halogens is 2. The summed E-state index contributed by atoms with van der Waals surface area (Å²) in [6, 6.07) is 5.85. The molecule has 0 saturated carbocycles. The van der Waals surface area contributed by atoms with Crippen LogP contribution in [0.15, 0.2) is 16.9 Å². The van der Waals surface area contributed by atoms with Gasteiger partial charge in [0.1, 0.15) is 4.60 Å². The molecule has 1 heterocycles. The maximum absolute atomic E-state index is 6.27. The molecule has 0 spiro atoms. The van der Waals surface area contributed by atoms with E-state index in [-0.39, 0.29) is 0 Å². The summed E-state index contributed by atoms with van der Waals surface area (Å²) in [6.07, 6.45) is 1.77. The molecule has 1 nitrogen and oxygen atoms in total. The molecule has 0 radical (unpaired) electrons. The van der Waals surface area contributed by atoms with Crippen molar-refractivity contribution >= 4 is 40.8 Å². The van der Waals surface area contributed by atoms with Gasteiger partial charge in [-0.3, -0.25) is 0 Å². The largest absolute Gasteiger partial charge is 0.248 e. The van der Waals surface area contributed by atoms with Crippen LogP contribution in [0.1, 0.15) is 20.8 Å². The van der Waals surface area contributed by atoms with Gasteiger partial charge < -0.3 is 0 Å². The Labute approximate surface area is 106 Å². The fraction of sp³-hybridized carbons (Fsp3) is 0.545. The molecule has 15 heavy (non-hydrogen) atoms. The minimum Gasteiger partial charge on any atom is -0.248 e. The Balaban J connectivity index is 3.27. The van der Waals surface area contributed by atoms with Crippen LogP contribution in [0.2, 0.25) is 23.2 Å². The van der Waals surface area contributed by atoms with Gasteiger partial charge in [-0.2, -0.15) is 0 Å². The predicted octanol–water partition coefficient (Wildman–Crippen LogP) is 4.21. The molecule has 0 N–H and O–H groups in total. The number of rotatable bonds is 4. The molecule has 0 aromatic carbocycles. The first-order valence-corrected chi connectivity index (χ1v) is 9.20. The Hall–Kier alpha value is 0.137. The highest BCUT2D eigenvalue weighted by Crippen LogP contribution is 2.24. The van der Waals surface area contributed by atoms with E-state index in [1.165, 1.54) is 23.3 Å². The predicted molar refractivity (Wildman–Crippen MR) is 73.8 cm³/mol. The number of hydrogen-bond acceptors (Lipinski definition) is 1. The third-order valence-electron chi connectivity index (χ3n) is 3.42. The van der Waals surface area contributed by atoms with E-state index in [1.807, 2.05) is 0 Å². The van der Waals surface area contributed by atoms with Crippen molar-refractivity contribution in [2.45, 2.75) is 38.9 Å². The van der Waals surface area contributed by atoms with E-state index >= 15 is 0 Å². The van der Waals surface area contributed by atoms with Crippen LogP contribution in [-0.4, -0.2) is 13.1 Å². The molecular weight excluding hydrogens is 290 g/mol. The van der Waals surface area contributed by atoms with Gasteiger partial charge in [0.15, 0.2) is 0 Å². The standard InChI is InChI=1S/C11H17BrClNSi/c1-4-15(5-2,6-3)10-7-11(12)14-8-9(10)13/h7-8H,4-6H2,1-3H3. The molecule has 0 fully saturated rings. The molecule has 0 saturated heterocycles. The van der Waals surface area contributed by atoms with Crippen molar-refractivity contribution in [1.29, 1.82) is 0 Å². The van der Waals surface area contributed by atoms with E-state index in [9.17, 15) is 0 Å². The zero-order valence-corrected chi connectivity index (χ0v) is 12.8. The fourth-order valence-electron chi connectivity index (χ4n) is 2.14. The van der Waals surface area contributed by atoms with Crippen LogP contribution in [0, 0.1) is 0 Å². The van der Waals surface area contributed by atoms with E-state index in [1.54, 1.807) is 6.20 Å². The van der Waals surface area contributed by atoms with Crippen molar-refractivity contribution < 1.29 is 0 Å². The lowest BCUT2D eigenvalue weighted by atomic mass is 10.5. The second kappa shape index (κ2) is 5.46. The molecular formula is C11H17BrClNSi. The lowest BCUT2D eigenvalue weighted by molar-refractivity contribution is 1.19. The molecule has 1 aromatic rings. The van der Waals surface area contributed by atoms with Crippen molar-refractivity contribution in [2.75, 3.05) is 0 Å². The molecule has 1 rings (SSSR count). The first-order valence-electron chi connectivity index (χ1n) is 5.41. The van der Waals surface area contributed by atoms with E-state index in [2.05, 4.69) is 47.8 Å². The Kier molecular flexibility index (Phi) is 4.81. The van der Waals surface area contributed by atoms with Crippen molar-refractivity contribution in [3.63, 3.8) is 0 Å². The van der Waals surface area contributed by atoms with Gasteiger partial charge in [-0.05, 0) is 27.2 Å². The van der Waals surface area contributed by atoms with Crippen molar-refractivity contribution in [3.05, 3.63) is 21.9 Å². The maximum atomic E-state index is 6.27.